The Morgan fingerprint density at radius 1 is 1.56 bits per heavy atom. The summed E-state index contributed by atoms with van der Waals surface area (Å²) < 4.78 is 0. The van der Waals surface area contributed by atoms with Gasteiger partial charge in [0.15, 0.2) is 0 Å². The van der Waals surface area contributed by atoms with Crippen molar-refractivity contribution in [1.82, 2.24) is 20.8 Å². The molecule has 0 spiro atoms. The van der Waals surface area contributed by atoms with Crippen LogP contribution in [0.1, 0.15) is 29.6 Å². The van der Waals surface area contributed by atoms with Crippen LogP contribution < -0.4 is 10.6 Å². The maximum atomic E-state index is 11.6. The first-order valence-electron chi connectivity index (χ1n) is 5.64. The summed E-state index contributed by atoms with van der Waals surface area (Å²) in [6.45, 7) is 1.81. The van der Waals surface area contributed by atoms with E-state index in [-0.39, 0.29) is 5.91 Å². The lowest BCUT2D eigenvalue weighted by Gasteiger charge is -2.10. The SMILES string of the molecule is O=C(NCC[C@@H]1CCCN1)c1ccnnc1. The zero-order chi connectivity index (χ0) is 11.2. The quantitative estimate of drug-likeness (QED) is 0.768. The van der Waals surface area contributed by atoms with Gasteiger partial charge in [0.25, 0.3) is 5.91 Å². The van der Waals surface area contributed by atoms with Crippen LogP contribution in [0.5, 0.6) is 0 Å². The largest absolute Gasteiger partial charge is 0.352 e. The van der Waals surface area contributed by atoms with Crippen LogP contribution in [0.2, 0.25) is 0 Å². The van der Waals surface area contributed by atoms with Crippen LogP contribution in [0.25, 0.3) is 0 Å². The van der Waals surface area contributed by atoms with Crippen molar-refractivity contribution in [2.24, 2.45) is 0 Å². The lowest BCUT2D eigenvalue weighted by Crippen LogP contribution is -2.30. The summed E-state index contributed by atoms with van der Waals surface area (Å²) in [6, 6.07) is 2.23. The predicted octanol–water partition coefficient (Wildman–Crippen LogP) is 0.348. The first-order chi connectivity index (χ1) is 7.86. The van der Waals surface area contributed by atoms with Gasteiger partial charge in [-0.3, -0.25) is 4.79 Å². The summed E-state index contributed by atoms with van der Waals surface area (Å²) in [4.78, 5) is 11.6. The molecular formula is C11H16N4O. The molecule has 1 atom stereocenters. The molecule has 2 heterocycles. The van der Waals surface area contributed by atoms with E-state index in [1.54, 1.807) is 6.07 Å². The molecule has 1 amide bonds. The van der Waals surface area contributed by atoms with Gasteiger partial charge in [-0.15, -0.1) is 0 Å². The average molecular weight is 220 g/mol. The van der Waals surface area contributed by atoms with E-state index in [9.17, 15) is 4.79 Å². The highest BCUT2D eigenvalue weighted by atomic mass is 16.1. The van der Waals surface area contributed by atoms with Crippen molar-refractivity contribution in [1.29, 1.82) is 0 Å². The Balaban J connectivity index is 1.71. The molecule has 1 aliphatic rings. The molecule has 2 rings (SSSR count). The van der Waals surface area contributed by atoms with Gasteiger partial charge < -0.3 is 10.6 Å². The number of carbonyl (C=O) groups is 1. The first-order valence-corrected chi connectivity index (χ1v) is 5.64. The maximum Gasteiger partial charge on any atom is 0.252 e. The van der Waals surface area contributed by atoms with Crippen molar-refractivity contribution in [2.45, 2.75) is 25.3 Å². The summed E-state index contributed by atoms with van der Waals surface area (Å²) in [5.74, 6) is -0.0760. The summed E-state index contributed by atoms with van der Waals surface area (Å²) in [5, 5.41) is 13.6. The molecule has 2 N–H and O–H groups in total. The summed E-state index contributed by atoms with van der Waals surface area (Å²) in [7, 11) is 0. The first kappa shape index (κ1) is 11.0. The van der Waals surface area contributed by atoms with Crippen LogP contribution in [0, 0.1) is 0 Å². The molecule has 86 valence electrons. The molecule has 1 saturated heterocycles. The summed E-state index contributed by atoms with van der Waals surface area (Å²) in [6.07, 6.45) is 6.44. The fourth-order valence-corrected chi connectivity index (χ4v) is 1.89. The highest BCUT2D eigenvalue weighted by molar-refractivity contribution is 5.93. The van der Waals surface area contributed by atoms with Gasteiger partial charge in [-0.1, -0.05) is 0 Å². The van der Waals surface area contributed by atoms with Gasteiger partial charge in [0.1, 0.15) is 0 Å². The second-order valence-corrected chi connectivity index (χ2v) is 3.97. The smallest absolute Gasteiger partial charge is 0.252 e. The number of aromatic nitrogens is 2. The minimum Gasteiger partial charge on any atom is -0.352 e. The van der Waals surface area contributed by atoms with Crippen molar-refractivity contribution in [3.05, 3.63) is 24.0 Å². The minimum absolute atomic E-state index is 0.0760. The van der Waals surface area contributed by atoms with E-state index in [1.807, 2.05) is 0 Å². The molecule has 0 radical (unpaired) electrons. The zero-order valence-electron chi connectivity index (χ0n) is 9.15. The van der Waals surface area contributed by atoms with Gasteiger partial charge in [0, 0.05) is 12.6 Å². The summed E-state index contributed by atoms with van der Waals surface area (Å²) in [5.41, 5.74) is 0.564. The van der Waals surface area contributed by atoms with Gasteiger partial charge in [-0.05, 0) is 31.9 Å². The highest BCUT2D eigenvalue weighted by Crippen LogP contribution is 2.07. The molecule has 16 heavy (non-hydrogen) atoms. The Bertz CT molecular complexity index is 335. The molecule has 1 aromatic rings. The number of nitrogens with one attached hydrogen (secondary N) is 2. The fourth-order valence-electron chi connectivity index (χ4n) is 1.89. The topological polar surface area (TPSA) is 66.9 Å². The van der Waals surface area contributed by atoms with Crippen molar-refractivity contribution in [3.8, 4) is 0 Å². The molecule has 0 unspecified atom stereocenters. The number of carbonyl (C=O) groups excluding carboxylic acids is 1. The van der Waals surface area contributed by atoms with E-state index in [1.165, 1.54) is 25.2 Å². The minimum atomic E-state index is -0.0760. The van der Waals surface area contributed by atoms with Gasteiger partial charge >= 0.3 is 0 Å². The van der Waals surface area contributed by atoms with E-state index in [0.29, 0.717) is 18.2 Å². The van der Waals surface area contributed by atoms with E-state index in [0.717, 1.165) is 13.0 Å². The maximum absolute atomic E-state index is 11.6. The molecule has 0 saturated carbocycles. The van der Waals surface area contributed by atoms with Crippen molar-refractivity contribution >= 4 is 5.91 Å². The standard InChI is InChI=1S/C11H16N4O/c16-11(9-3-7-14-15-8-9)13-6-4-10-2-1-5-12-10/h3,7-8,10,12H,1-2,4-6H2,(H,13,16)/t10-/m0/s1. The Morgan fingerprint density at radius 2 is 2.50 bits per heavy atom. The second-order valence-electron chi connectivity index (χ2n) is 3.97. The second kappa shape index (κ2) is 5.55. The van der Waals surface area contributed by atoms with Crippen LogP contribution in [0.15, 0.2) is 18.5 Å². The lowest BCUT2D eigenvalue weighted by atomic mass is 10.1. The average Bonchev–Trinajstić information content (AvgIpc) is 2.83. The molecular weight excluding hydrogens is 204 g/mol. The van der Waals surface area contributed by atoms with E-state index in [2.05, 4.69) is 20.8 Å². The van der Waals surface area contributed by atoms with Crippen LogP contribution in [-0.2, 0) is 0 Å². The molecule has 0 aromatic carbocycles. The van der Waals surface area contributed by atoms with Gasteiger partial charge in [-0.25, -0.2) is 0 Å². The lowest BCUT2D eigenvalue weighted by molar-refractivity contribution is 0.0952. The van der Waals surface area contributed by atoms with Crippen molar-refractivity contribution in [2.75, 3.05) is 13.1 Å². The third-order valence-corrected chi connectivity index (χ3v) is 2.79. The molecule has 1 fully saturated rings. The molecule has 5 nitrogen and oxygen atoms in total. The van der Waals surface area contributed by atoms with Gasteiger partial charge in [0.05, 0.1) is 18.0 Å². The normalized spacial score (nSPS) is 19.6. The Kier molecular flexibility index (Phi) is 3.82. The Hall–Kier alpha value is -1.49. The third kappa shape index (κ3) is 3.00. The van der Waals surface area contributed by atoms with Crippen LogP contribution in [0.4, 0.5) is 0 Å². The molecule has 0 aliphatic carbocycles. The number of amides is 1. The third-order valence-electron chi connectivity index (χ3n) is 2.79. The molecule has 5 heteroatoms. The van der Waals surface area contributed by atoms with Crippen LogP contribution >= 0.6 is 0 Å². The Labute approximate surface area is 94.6 Å². The van der Waals surface area contributed by atoms with Gasteiger partial charge in [0.2, 0.25) is 0 Å². The monoisotopic (exact) mass is 220 g/mol. The van der Waals surface area contributed by atoms with Gasteiger partial charge in [-0.2, -0.15) is 10.2 Å². The van der Waals surface area contributed by atoms with Crippen LogP contribution in [-0.4, -0.2) is 35.2 Å². The zero-order valence-corrected chi connectivity index (χ0v) is 9.15. The fraction of sp³-hybridized carbons (Fsp3) is 0.545. The number of nitrogens with zero attached hydrogens (tertiary/aromatic N) is 2. The number of rotatable bonds is 4. The molecule has 1 aliphatic heterocycles. The van der Waals surface area contributed by atoms with E-state index in [4.69, 9.17) is 0 Å². The highest BCUT2D eigenvalue weighted by Gasteiger charge is 2.13. The van der Waals surface area contributed by atoms with Crippen molar-refractivity contribution in [3.63, 3.8) is 0 Å². The molecule has 1 aromatic heterocycles. The summed E-state index contributed by atoms with van der Waals surface area (Å²) >= 11 is 0. The van der Waals surface area contributed by atoms with Crippen molar-refractivity contribution < 1.29 is 4.79 Å². The van der Waals surface area contributed by atoms with Crippen LogP contribution in [0.3, 0.4) is 0 Å². The Morgan fingerprint density at radius 3 is 3.19 bits per heavy atom. The predicted molar refractivity (Wildman–Crippen MR) is 60.0 cm³/mol. The van der Waals surface area contributed by atoms with E-state index >= 15 is 0 Å². The number of hydrogen-bond donors (Lipinski definition) is 2. The van der Waals surface area contributed by atoms with E-state index < -0.39 is 0 Å². The number of hydrogen-bond acceptors (Lipinski definition) is 4. The molecule has 0 bridgehead atoms.